The highest BCUT2D eigenvalue weighted by Crippen LogP contribution is 2.29. The number of ether oxygens (including phenoxy) is 1. The second-order valence-corrected chi connectivity index (χ2v) is 3.29. The van der Waals surface area contributed by atoms with Gasteiger partial charge in [-0.3, -0.25) is 4.79 Å². The highest BCUT2D eigenvalue weighted by Gasteiger charge is 2.37. The Morgan fingerprint density at radius 3 is 2.56 bits per heavy atom. The van der Waals surface area contributed by atoms with Crippen molar-refractivity contribution >= 4 is 11.9 Å². The standard InChI is InChI=1S/C9H9F3N2O4/c1-4(8(16)17-2)13-7(15)5-3-6(18-14-5)9(10,11)12/h3-4H,1-2H3,(H,13,15). The van der Waals surface area contributed by atoms with Gasteiger partial charge in [0, 0.05) is 6.07 Å². The summed E-state index contributed by atoms with van der Waals surface area (Å²) in [4.78, 5) is 22.4. The molecule has 0 aliphatic rings. The molecule has 1 N–H and O–H groups in total. The summed E-state index contributed by atoms with van der Waals surface area (Å²) in [6.07, 6.45) is -4.72. The van der Waals surface area contributed by atoms with Crippen LogP contribution in [-0.2, 0) is 15.7 Å². The van der Waals surface area contributed by atoms with E-state index in [1.165, 1.54) is 6.92 Å². The molecule has 1 heterocycles. The molecule has 1 amide bonds. The van der Waals surface area contributed by atoms with E-state index in [0.717, 1.165) is 7.11 Å². The summed E-state index contributed by atoms with van der Waals surface area (Å²) in [5.41, 5.74) is -0.571. The second-order valence-electron chi connectivity index (χ2n) is 3.29. The van der Waals surface area contributed by atoms with Crippen LogP contribution in [0.1, 0.15) is 23.2 Å². The molecule has 0 aromatic carbocycles. The number of hydrogen-bond acceptors (Lipinski definition) is 5. The van der Waals surface area contributed by atoms with Crippen molar-refractivity contribution in [1.29, 1.82) is 0 Å². The topological polar surface area (TPSA) is 81.4 Å². The first-order valence-corrected chi connectivity index (χ1v) is 4.68. The van der Waals surface area contributed by atoms with Crippen molar-refractivity contribution in [2.75, 3.05) is 7.11 Å². The number of carbonyl (C=O) groups is 2. The van der Waals surface area contributed by atoms with E-state index in [0.29, 0.717) is 6.07 Å². The molecule has 18 heavy (non-hydrogen) atoms. The van der Waals surface area contributed by atoms with Gasteiger partial charge in [-0.05, 0) is 6.92 Å². The van der Waals surface area contributed by atoms with Crippen LogP contribution in [0.15, 0.2) is 10.6 Å². The van der Waals surface area contributed by atoms with Crippen LogP contribution in [0.5, 0.6) is 0 Å². The van der Waals surface area contributed by atoms with Crippen LogP contribution in [0.4, 0.5) is 13.2 Å². The molecule has 1 aromatic rings. The lowest BCUT2D eigenvalue weighted by atomic mass is 10.3. The van der Waals surface area contributed by atoms with Crippen LogP contribution in [0.25, 0.3) is 0 Å². The van der Waals surface area contributed by atoms with E-state index in [1.807, 2.05) is 0 Å². The molecule has 0 aliphatic carbocycles. The molecule has 1 unspecified atom stereocenters. The number of aromatic nitrogens is 1. The number of halogens is 3. The maximum Gasteiger partial charge on any atom is 0.452 e. The molecule has 6 nitrogen and oxygen atoms in total. The maximum absolute atomic E-state index is 12.2. The van der Waals surface area contributed by atoms with Crippen molar-refractivity contribution in [3.05, 3.63) is 17.5 Å². The zero-order valence-electron chi connectivity index (χ0n) is 9.37. The Morgan fingerprint density at radius 1 is 1.50 bits per heavy atom. The van der Waals surface area contributed by atoms with Crippen molar-refractivity contribution in [3.63, 3.8) is 0 Å². The number of nitrogens with zero attached hydrogens (tertiary/aromatic N) is 1. The number of alkyl halides is 3. The summed E-state index contributed by atoms with van der Waals surface area (Å²) in [7, 11) is 1.11. The Bertz CT molecular complexity index is 455. The molecule has 9 heteroatoms. The minimum atomic E-state index is -4.72. The van der Waals surface area contributed by atoms with Crippen LogP contribution in [0.3, 0.4) is 0 Å². The smallest absolute Gasteiger partial charge is 0.452 e. The third-order valence-electron chi connectivity index (χ3n) is 1.92. The normalized spacial score (nSPS) is 12.9. The van der Waals surface area contributed by atoms with E-state index < -0.39 is 35.5 Å². The predicted molar refractivity (Wildman–Crippen MR) is 50.4 cm³/mol. The Hall–Kier alpha value is -2.06. The summed E-state index contributed by atoms with van der Waals surface area (Å²) in [5.74, 6) is -3.09. The van der Waals surface area contributed by atoms with Crippen LogP contribution >= 0.6 is 0 Å². The Balaban J connectivity index is 2.74. The summed E-state index contributed by atoms with van der Waals surface area (Å²) >= 11 is 0. The molecule has 0 radical (unpaired) electrons. The van der Waals surface area contributed by atoms with Gasteiger partial charge in [0.05, 0.1) is 7.11 Å². The first-order valence-electron chi connectivity index (χ1n) is 4.68. The second kappa shape index (κ2) is 5.07. The molecule has 1 atom stereocenters. The largest absolute Gasteiger partial charge is 0.467 e. The van der Waals surface area contributed by atoms with Gasteiger partial charge < -0.3 is 14.6 Å². The van der Waals surface area contributed by atoms with Gasteiger partial charge in [0.25, 0.3) is 5.91 Å². The molecule has 1 rings (SSSR count). The van der Waals surface area contributed by atoms with Crippen molar-refractivity contribution in [3.8, 4) is 0 Å². The van der Waals surface area contributed by atoms with Crippen LogP contribution in [0.2, 0.25) is 0 Å². The molecular weight excluding hydrogens is 257 g/mol. The van der Waals surface area contributed by atoms with E-state index in [4.69, 9.17) is 0 Å². The predicted octanol–water partition coefficient (Wildman–Crippen LogP) is 0.985. The molecule has 0 saturated heterocycles. The molecule has 100 valence electrons. The quantitative estimate of drug-likeness (QED) is 0.825. The van der Waals surface area contributed by atoms with Gasteiger partial charge in [-0.25, -0.2) is 4.79 Å². The Kier molecular flexibility index (Phi) is 3.94. The van der Waals surface area contributed by atoms with E-state index in [-0.39, 0.29) is 0 Å². The number of amides is 1. The minimum absolute atomic E-state index is 0.444. The SMILES string of the molecule is COC(=O)C(C)NC(=O)c1cc(C(F)(F)F)on1. The lowest BCUT2D eigenvalue weighted by molar-refractivity contribution is -0.155. The third kappa shape index (κ3) is 3.22. The average molecular weight is 266 g/mol. The van der Waals surface area contributed by atoms with Gasteiger partial charge >= 0.3 is 12.1 Å². The highest BCUT2D eigenvalue weighted by molar-refractivity contribution is 5.95. The van der Waals surface area contributed by atoms with Crippen molar-refractivity contribution in [1.82, 2.24) is 10.5 Å². The number of nitrogens with one attached hydrogen (secondary N) is 1. The first-order chi connectivity index (χ1) is 8.25. The Labute approximate surface area is 99.1 Å². The average Bonchev–Trinajstić information content (AvgIpc) is 2.76. The fourth-order valence-electron chi connectivity index (χ4n) is 1.02. The van der Waals surface area contributed by atoms with E-state index in [2.05, 4.69) is 19.7 Å². The van der Waals surface area contributed by atoms with Gasteiger partial charge in [0.2, 0.25) is 5.76 Å². The number of methoxy groups -OCH3 is 1. The summed E-state index contributed by atoms with van der Waals surface area (Å²) < 4.78 is 44.8. The van der Waals surface area contributed by atoms with Crippen molar-refractivity contribution < 1.29 is 32.0 Å². The maximum atomic E-state index is 12.2. The van der Waals surface area contributed by atoms with E-state index in [9.17, 15) is 22.8 Å². The van der Waals surface area contributed by atoms with Crippen LogP contribution < -0.4 is 5.32 Å². The molecule has 0 fully saturated rings. The number of rotatable bonds is 3. The fraction of sp³-hybridized carbons (Fsp3) is 0.444. The molecule has 0 aliphatic heterocycles. The van der Waals surface area contributed by atoms with Gasteiger partial charge in [0.1, 0.15) is 6.04 Å². The molecular formula is C9H9F3N2O4. The zero-order valence-corrected chi connectivity index (χ0v) is 9.37. The van der Waals surface area contributed by atoms with Crippen LogP contribution in [-0.4, -0.2) is 30.2 Å². The van der Waals surface area contributed by atoms with Gasteiger partial charge in [-0.1, -0.05) is 5.16 Å². The zero-order chi connectivity index (χ0) is 13.9. The first kappa shape index (κ1) is 14.0. The lowest BCUT2D eigenvalue weighted by Gasteiger charge is -2.09. The van der Waals surface area contributed by atoms with Gasteiger partial charge in [-0.2, -0.15) is 13.2 Å². The Morgan fingerprint density at radius 2 is 2.11 bits per heavy atom. The van der Waals surface area contributed by atoms with Gasteiger partial charge in [0.15, 0.2) is 5.69 Å². The number of esters is 1. The van der Waals surface area contributed by atoms with Gasteiger partial charge in [-0.15, -0.1) is 0 Å². The molecule has 0 bridgehead atoms. The van der Waals surface area contributed by atoms with Crippen molar-refractivity contribution in [2.24, 2.45) is 0 Å². The number of hydrogen-bond donors (Lipinski definition) is 1. The number of carbonyl (C=O) groups excluding carboxylic acids is 2. The lowest BCUT2D eigenvalue weighted by Crippen LogP contribution is -2.39. The summed E-state index contributed by atoms with van der Waals surface area (Å²) in [6, 6.07) is -0.562. The molecule has 0 spiro atoms. The fourth-order valence-corrected chi connectivity index (χ4v) is 1.02. The monoisotopic (exact) mass is 266 g/mol. The van der Waals surface area contributed by atoms with Crippen LogP contribution in [0, 0.1) is 0 Å². The summed E-state index contributed by atoms with van der Waals surface area (Å²) in [6.45, 7) is 1.31. The molecule has 1 aromatic heterocycles. The van der Waals surface area contributed by atoms with Crippen molar-refractivity contribution in [2.45, 2.75) is 19.1 Å². The highest BCUT2D eigenvalue weighted by atomic mass is 19.4. The van der Waals surface area contributed by atoms with E-state index in [1.54, 1.807) is 0 Å². The summed E-state index contributed by atoms with van der Waals surface area (Å²) in [5, 5.41) is 5.07. The molecule has 0 saturated carbocycles. The third-order valence-corrected chi connectivity index (χ3v) is 1.92. The van der Waals surface area contributed by atoms with E-state index >= 15 is 0 Å². The minimum Gasteiger partial charge on any atom is -0.467 e.